The summed E-state index contributed by atoms with van der Waals surface area (Å²) in [6.45, 7) is 13.3. The lowest BCUT2D eigenvalue weighted by atomic mass is 9.77. The zero-order chi connectivity index (χ0) is 50.7. The molecule has 0 radical (unpaired) electrons. The van der Waals surface area contributed by atoms with Crippen molar-refractivity contribution < 1.29 is 0 Å². The molecule has 2 heterocycles. The topological polar surface area (TPSA) is 80.6 Å². The Morgan fingerprint density at radius 1 is 0.284 bits per heavy atom. The molecule has 0 aliphatic heterocycles. The van der Waals surface area contributed by atoms with Gasteiger partial charge in [-0.3, -0.25) is 0 Å². The minimum absolute atomic E-state index is 0.0293. The van der Waals surface area contributed by atoms with E-state index in [2.05, 4.69) is 187 Å². The number of aromatic nitrogens is 6. The predicted octanol–water partition coefficient (Wildman–Crippen LogP) is 16.6. The summed E-state index contributed by atoms with van der Waals surface area (Å²) in [5, 5.41) is 0. The van der Waals surface area contributed by atoms with E-state index in [1.807, 2.05) is 77.7 Å². The molecule has 0 aliphatic rings. The molecule has 74 heavy (non-hydrogen) atoms. The first-order valence-corrected chi connectivity index (χ1v) is 25.1. The van der Waals surface area contributed by atoms with E-state index in [1.165, 1.54) is 50.1 Å². The molecule has 0 saturated carbocycles. The molecule has 0 bridgehead atoms. The van der Waals surface area contributed by atoms with Crippen LogP contribution >= 0.6 is 0 Å². The van der Waals surface area contributed by atoms with E-state index in [0.717, 1.165) is 50.2 Å². The second kappa shape index (κ2) is 20.5. The van der Waals surface area contributed by atoms with Crippen molar-refractivity contribution in [2.75, 3.05) is 4.90 Å². The minimum atomic E-state index is -0.0293. The summed E-state index contributed by atoms with van der Waals surface area (Å²) in [4.78, 5) is 33.6. The Balaban J connectivity index is 1.13. The highest BCUT2D eigenvalue weighted by molar-refractivity contribution is 5.76. The molecule has 11 rings (SSSR count). The molecule has 7 heteroatoms. The molecule has 7 nitrogen and oxygen atoms in total. The van der Waals surface area contributed by atoms with Gasteiger partial charge in [0, 0.05) is 28.2 Å². The van der Waals surface area contributed by atoms with E-state index in [-0.39, 0.29) is 5.92 Å². The van der Waals surface area contributed by atoms with E-state index in [0.29, 0.717) is 35.2 Å². The maximum atomic E-state index is 5.35. The number of hydrogen-bond donors (Lipinski definition) is 0. The van der Waals surface area contributed by atoms with Gasteiger partial charge in [0.15, 0.2) is 23.3 Å². The van der Waals surface area contributed by atoms with Crippen molar-refractivity contribution in [3.05, 3.63) is 268 Å². The monoisotopic (exact) mass is 957 g/mol. The van der Waals surface area contributed by atoms with Crippen molar-refractivity contribution in [1.29, 1.82) is 0 Å². The van der Waals surface area contributed by atoms with Crippen LogP contribution in [0.5, 0.6) is 0 Å². The van der Waals surface area contributed by atoms with Crippen molar-refractivity contribution in [3.8, 4) is 67.8 Å². The number of anilines is 3. The van der Waals surface area contributed by atoms with Crippen molar-refractivity contribution in [2.45, 2.75) is 47.5 Å². The molecular weight excluding hydrogens is 903 g/mol. The standard InChI is InChI=1S/C67H55N7/c1-43-39-45(3)59(46(4)40-43)61(60-47(5)41-44(2)42-48(60)6)53-35-37-58(38-36-53)74(66-70-62(54-23-15-9-16-24-54)68-64(72-66)56-31-27-51(28-32-56)49-19-11-7-12-20-49)67-71-63(55-25-17-10-18-26-55)69-65(73-67)57-33-29-52(30-34-57)50-21-13-8-14-22-50/h7-42,61H,1-6H3. The molecule has 0 spiro atoms. The summed E-state index contributed by atoms with van der Waals surface area (Å²) in [5.41, 5.74) is 20.0. The fourth-order valence-corrected chi connectivity index (χ4v) is 10.4. The quantitative estimate of drug-likeness (QED) is 0.113. The Bertz CT molecular complexity index is 3480. The van der Waals surface area contributed by atoms with Crippen molar-refractivity contribution >= 4 is 17.6 Å². The lowest BCUT2D eigenvalue weighted by Gasteiger charge is -2.28. The van der Waals surface area contributed by atoms with Crippen LogP contribution < -0.4 is 4.90 Å². The summed E-state index contributed by atoms with van der Waals surface area (Å²) < 4.78 is 0. The molecule has 0 unspecified atom stereocenters. The van der Waals surface area contributed by atoms with Crippen LogP contribution in [0.3, 0.4) is 0 Å². The van der Waals surface area contributed by atoms with E-state index in [4.69, 9.17) is 29.9 Å². The summed E-state index contributed by atoms with van der Waals surface area (Å²) in [6.07, 6.45) is 0. The predicted molar refractivity (Wildman–Crippen MR) is 303 cm³/mol. The molecule has 11 aromatic rings. The zero-order valence-electron chi connectivity index (χ0n) is 42.5. The van der Waals surface area contributed by atoms with Crippen LogP contribution in [0.2, 0.25) is 0 Å². The highest BCUT2D eigenvalue weighted by Gasteiger charge is 2.28. The molecule has 0 saturated heterocycles. The highest BCUT2D eigenvalue weighted by Crippen LogP contribution is 2.42. The number of benzene rings is 9. The average Bonchev–Trinajstić information content (AvgIpc) is 3.43. The first-order chi connectivity index (χ1) is 36.1. The van der Waals surface area contributed by atoms with Gasteiger partial charge in [0.05, 0.1) is 5.69 Å². The van der Waals surface area contributed by atoms with E-state index in [1.54, 1.807) is 0 Å². The van der Waals surface area contributed by atoms with Gasteiger partial charge in [-0.25, -0.2) is 14.9 Å². The second-order valence-electron chi connectivity index (χ2n) is 19.2. The fraction of sp³-hybridized carbons (Fsp3) is 0.104. The third kappa shape index (κ3) is 9.76. The van der Waals surface area contributed by atoms with Gasteiger partial charge in [-0.1, -0.05) is 217 Å². The lowest BCUT2D eigenvalue weighted by Crippen LogP contribution is -2.19. The smallest absolute Gasteiger partial charge is 0.241 e. The van der Waals surface area contributed by atoms with Gasteiger partial charge < -0.3 is 0 Å². The van der Waals surface area contributed by atoms with Crippen LogP contribution in [-0.4, -0.2) is 29.9 Å². The largest absolute Gasteiger partial charge is 0.246 e. The third-order valence-electron chi connectivity index (χ3n) is 13.7. The van der Waals surface area contributed by atoms with Crippen LogP contribution in [0.15, 0.2) is 218 Å². The normalized spacial score (nSPS) is 11.2. The third-order valence-corrected chi connectivity index (χ3v) is 13.7. The van der Waals surface area contributed by atoms with Crippen LogP contribution in [0.1, 0.15) is 56.0 Å². The molecule has 358 valence electrons. The molecular formula is C67H55N7. The summed E-state index contributed by atoms with van der Waals surface area (Å²) in [6, 6.07) is 75.7. The van der Waals surface area contributed by atoms with Gasteiger partial charge in [0.1, 0.15) is 0 Å². The summed E-state index contributed by atoms with van der Waals surface area (Å²) in [7, 11) is 0. The number of aryl methyl sites for hydroxylation is 6. The highest BCUT2D eigenvalue weighted by atomic mass is 15.4. The van der Waals surface area contributed by atoms with E-state index in [9.17, 15) is 0 Å². The van der Waals surface area contributed by atoms with Gasteiger partial charge >= 0.3 is 0 Å². The molecule has 0 atom stereocenters. The Morgan fingerprint density at radius 2 is 0.554 bits per heavy atom. The van der Waals surface area contributed by atoms with Crippen LogP contribution in [-0.2, 0) is 0 Å². The fourth-order valence-electron chi connectivity index (χ4n) is 10.4. The summed E-state index contributed by atoms with van der Waals surface area (Å²) in [5.74, 6) is 2.75. The minimum Gasteiger partial charge on any atom is -0.246 e. The molecule has 0 aliphatic carbocycles. The van der Waals surface area contributed by atoms with Crippen LogP contribution in [0.4, 0.5) is 17.6 Å². The van der Waals surface area contributed by atoms with Gasteiger partial charge in [-0.2, -0.15) is 19.9 Å². The van der Waals surface area contributed by atoms with Gasteiger partial charge in [-0.15, -0.1) is 0 Å². The SMILES string of the molecule is Cc1cc(C)c(C(c2ccc(N(c3nc(-c4ccccc4)nc(-c4ccc(-c5ccccc5)cc4)n3)c3nc(-c4ccccc4)nc(-c4ccc(-c5ccccc5)cc4)n3)cc2)c2c(C)cc(C)cc2C)c(C)c1. The Kier molecular flexibility index (Phi) is 13.1. The van der Waals surface area contributed by atoms with Gasteiger partial charge in [-0.05, 0) is 115 Å². The number of nitrogens with zero attached hydrogens (tertiary/aromatic N) is 7. The lowest BCUT2D eigenvalue weighted by molar-refractivity contribution is 0.917. The summed E-state index contributed by atoms with van der Waals surface area (Å²) >= 11 is 0. The number of rotatable bonds is 12. The number of hydrogen-bond acceptors (Lipinski definition) is 7. The van der Waals surface area contributed by atoms with E-state index >= 15 is 0 Å². The van der Waals surface area contributed by atoms with E-state index < -0.39 is 0 Å². The molecule has 2 aromatic heterocycles. The van der Waals surface area contributed by atoms with Crippen molar-refractivity contribution in [1.82, 2.24) is 29.9 Å². The van der Waals surface area contributed by atoms with Gasteiger partial charge in [0.2, 0.25) is 11.9 Å². The maximum Gasteiger partial charge on any atom is 0.241 e. The molecule has 0 N–H and O–H groups in total. The Morgan fingerprint density at radius 3 is 0.878 bits per heavy atom. The van der Waals surface area contributed by atoms with Crippen LogP contribution in [0.25, 0.3) is 67.8 Å². The average molecular weight is 958 g/mol. The Hall–Kier alpha value is -9.20. The molecule has 0 amide bonds. The van der Waals surface area contributed by atoms with Crippen molar-refractivity contribution in [2.24, 2.45) is 0 Å². The first kappa shape index (κ1) is 47.1. The first-order valence-electron chi connectivity index (χ1n) is 25.1. The Labute approximate surface area is 434 Å². The van der Waals surface area contributed by atoms with Crippen LogP contribution in [0, 0.1) is 41.5 Å². The van der Waals surface area contributed by atoms with Crippen molar-refractivity contribution in [3.63, 3.8) is 0 Å². The zero-order valence-corrected chi connectivity index (χ0v) is 42.5. The van der Waals surface area contributed by atoms with Gasteiger partial charge in [0.25, 0.3) is 0 Å². The molecule has 9 aromatic carbocycles. The second-order valence-corrected chi connectivity index (χ2v) is 19.2. The maximum absolute atomic E-state index is 5.35. The molecule has 0 fully saturated rings.